The molecule has 0 saturated heterocycles. The maximum absolute atomic E-state index is 13.0. The van der Waals surface area contributed by atoms with Gasteiger partial charge in [0, 0.05) is 0 Å². The summed E-state index contributed by atoms with van der Waals surface area (Å²) in [6.45, 7) is 1.20. The van der Waals surface area contributed by atoms with Crippen molar-refractivity contribution in [2.75, 3.05) is 7.11 Å². The molecule has 2 N–H and O–H groups in total. The Bertz CT molecular complexity index is 583. The quantitative estimate of drug-likeness (QED) is 0.422. The second-order valence-electron chi connectivity index (χ2n) is 3.49. The zero-order valence-electron chi connectivity index (χ0n) is 9.55. The summed E-state index contributed by atoms with van der Waals surface area (Å²) in [7, 11) is -6.06. The molecule has 0 aliphatic rings. The Morgan fingerprint density at radius 3 is 2.33 bits per heavy atom. The van der Waals surface area contributed by atoms with Gasteiger partial charge in [0.25, 0.3) is 0 Å². The molecule has 9 heteroatoms. The summed E-state index contributed by atoms with van der Waals surface area (Å²) in [6.07, 6.45) is 0. The van der Waals surface area contributed by atoms with Crippen molar-refractivity contribution in [1.29, 1.82) is 0 Å². The third-order valence-corrected chi connectivity index (χ3v) is 3.31. The normalized spacial score (nSPS) is 11.2. The lowest BCUT2D eigenvalue weighted by Gasteiger charge is -2.10. The number of carbonyl (C=O) groups excluding carboxylic acids is 1. The van der Waals surface area contributed by atoms with Gasteiger partial charge in [-0.1, -0.05) is 0 Å². The van der Waals surface area contributed by atoms with E-state index in [2.05, 4.69) is 4.74 Å². The van der Waals surface area contributed by atoms with Gasteiger partial charge in [0.15, 0.2) is 0 Å². The Morgan fingerprint density at radius 1 is 1.39 bits per heavy atom. The summed E-state index contributed by atoms with van der Waals surface area (Å²) < 4.78 is 39.2. The molecule has 0 radical (unpaired) electrons. The SMILES string of the molecule is COC(=O)c1cc(B(O)O)c(C)c(S(=O)(=O)F)c1. The first kappa shape index (κ1) is 14.6. The van der Waals surface area contributed by atoms with Crippen LogP contribution in [0.3, 0.4) is 0 Å². The van der Waals surface area contributed by atoms with Crippen LogP contribution >= 0.6 is 0 Å². The largest absolute Gasteiger partial charge is 0.488 e. The molecule has 0 spiro atoms. The molecule has 0 aliphatic heterocycles. The van der Waals surface area contributed by atoms with Crippen molar-refractivity contribution in [2.45, 2.75) is 11.8 Å². The monoisotopic (exact) mass is 276 g/mol. The van der Waals surface area contributed by atoms with Crippen LogP contribution in [0.4, 0.5) is 3.89 Å². The molecule has 6 nitrogen and oxygen atoms in total. The Balaban J connectivity index is 3.62. The molecular formula is C9H10BFO6S. The second kappa shape index (κ2) is 5.05. The molecule has 1 aromatic carbocycles. The first-order valence-corrected chi connectivity index (χ1v) is 6.10. The first-order chi connectivity index (χ1) is 8.18. The number of halogens is 1. The predicted molar refractivity (Wildman–Crippen MR) is 60.6 cm³/mol. The third-order valence-electron chi connectivity index (χ3n) is 2.36. The van der Waals surface area contributed by atoms with Crippen molar-refractivity contribution in [1.82, 2.24) is 0 Å². The van der Waals surface area contributed by atoms with Crippen molar-refractivity contribution in [3.8, 4) is 0 Å². The zero-order valence-corrected chi connectivity index (χ0v) is 10.4. The number of benzene rings is 1. The van der Waals surface area contributed by atoms with Gasteiger partial charge in [-0.05, 0) is 30.1 Å². The van der Waals surface area contributed by atoms with Gasteiger partial charge in [0.2, 0.25) is 0 Å². The molecular weight excluding hydrogens is 266 g/mol. The van der Waals surface area contributed by atoms with Crippen LogP contribution in [0.1, 0.15) is 15.9 Å². The van der Waals surface area contributed by atoms with Gasteiger partial charge in [0.1, 0.15) is 4.90 Å². The summed E-state index contributed by atoms with van der Waals surface area (Å²) >= 11 is 0. The van der Waals surface area contributed by atoms with Crippen LogP contribution in [-0.2, 0) is 15.0 Å². The van der Waals surface area contributed by atoms with E-state index < -0.39 is 28.2 Å². The van der Waals surface area contributed by atoms with Crippen LogP contribution in [0.2, 0.25) is 0 Å². The molecule has 0 aliphatic carbocycles. The van der Waals surface area contributed by atoms with Crippen molar-refractivity contribution in [2.24, 2.45) is 0 Å². The molecule has 0 bridgehead atoms. The minimum atomic E-state index is -5.08. The van der Waals surface area contributed by atoms with Crippen molar-refractivity contribution < 1.29 is 31.9 Å². The molecule has 1 rings (SSSR count). The van der Waals surface area contributed by atoms with E-state index in [0.29, 0.717) is 0 Å². The lowest BCUT2D eigenvalue weighted by Crippen LogP contribution is -2.34. The number of hydrogen-bond acceptors (Lipinski definition) is 6. The van der Waals surface area contributed by atoms with E-state index in [9.17, 15) is 17.1 Å². The fraction of sp³-hybridized carbons (Fsp3) is 0.222. The molecule has 0 unspecified atom stereocenters. The topological polar surface area (TPSA) is 101 Å². The Labute approximate surface area is 103 Å². The fourth-order valence-electron chi connectivity index (χ4n) is 1.47. The van der Waals surface area contributed by atoms with E-state index in [1.807, 2.05) is 0 Å². The lowest BCUT2D eigenvalue weighted by atomic mass is 9.76. The number of ether oxygens (including phenoxy) is 1. The first-order valence-electron chi connectivity index (χ1n) is 4.72. The van der Waals surface area contributed by atoms with Gasteiger partial charge < -0.3 is 14.8 Å². The Morgan fingerprint density at radius 2 is 1.94 bits per heavy atom. The summed E-state index contributed by atoms with van der Waals surface area (Å²) in [5.74, 6) is -0.915. The summed E-state index contributed by atoms with van der Waals surface area (Å²) in [5.41, 5.74) is -0.753. The number of hydrogen-bond donors (Lipinski definition) is 2. The molecule has 0 fully saturated rings. The molecule has 0 saturated carbocycles. The van der Waals surface area contributed by atoms with Crippen molar-refractivity contribution in [3.05, 3.63) is 23.3 Å². The lowest BCUT2D eigenvalue weighted by molar-refractivity contribution is 0.0600. The summed E-state index contributed by atoms with van der Waals surface area (Å²) in [4.78, 5) is 10.5. The van der Waals surface area contributed by atoms with E-state index in [4.69, 9.17) is 10.0 Å². The number of esters is 1. The van der Waals surface area contributed by atoms with Gasteiger partial charge in [-0.15, -0.1) is 3.89 Å². The summed E-state index contributed by atoms with van der Waals surface area (Å²) in [5, 5.41) is 18.1. The molecule has 0 aromatic heterocycles. The van der Waals surface area contributed by atoms with Crippen LogP contribution in [0.15, 0.2) is 17.0 Å². The predicted octanol–water partition coefficient (Wildman–Crippen LogP) is -0.880. The summed E-state index contributed by atoms with van der Waals surface area (Å²) in [6, 6.07) is 1.81. The van der Waals surface area contributed by atoms with Crippen LogP contribution < -0.4 is 5.46 Å². The maximum atomic E-state index is 13.0. The van der Waals surface area contributed by atoms with E-state index in [0.717, 1.165) is 19.2 Å². The minimum absolute atomic E-state index is 0.180. The van der Waals surface area contributed by atoms with E-state index in [1.54, 1.807) is 0 Å². The van der Waals surface area contributed by atoms with E-state index in [1.165, 1.54) is 6.92 Å². The van der Waals surface area contributed by atoms with Gasteiger partial charge in [-0.25, -0.2) is 4.79 Å². The van der Waals surface area contributed by atoms with E-state index in [-0.39, 0.29) is 16.6 Å². The zero-order chi connectivity index (χ0) is 14.1. The number of carbonyl (C=O) groups is 1. The van der Waals surface area contributed by atoms with Gasteiger partial charge >= 0.3 is 23.3 Å². The van der Waals surface area contributed by atoms with Gasteiger partial charge in [-0.2, -0.15) is 8.42 Å². The highest BCUT2D eigenvalue weighted by Gasteiger charge is 2.25. The highest BCUT2D eigenvalue weighted by atomic mass is 32.3. The van der Waals surface area contributed by atoms with Crippen LogP contribution in [0.25, 0.3) is 0 Å². The Kier molecular flexibility index (Phi) is 4.10. The highest BCUT2D eigenvalue weighted by Crippen LogP contribution is 2.18. The number of methoxy groups -OCH3 is 1. The van der Waals surface area contributed by atoms with E-state index >= 15 is 0 Å². The average molecular weight is 276 g/mol. The van der Waals surface area contributed by atoms with Crippen molar-refractivity contribution in [3.63, 3.8) is 0 Å². The Hall–Kier alpha value is -1.45. The highest BCUT2D eigenvalue weighted by molar-refractivity contribution is 7.86. The van der Waals surface area contributed by atoms with Crippen molar-refractivity contribution >= 4 is 28.8 Å². The van der Waals surface area contributed by atoms with Gasteiger partial charge in [-0.3, -0.25) is 0 Å². The van der Waals surface area contributed by atoms with Gasteiger partial charge in [0.05, 0.1) is 12.7 Å². The standard InChI is InChI=1S/C9H10BFO6S/c1-5-7(10(13)14)3-6(9(12)17-2)4-8(5)18(11,15)16/h3-4,13-14H,1-2H3. The number of rotatable bonds is 3. The fourth-order valence-corrected chi connectivity index (χ4v) is 2.22. The molecule has 1 aromatic rings. The third kappa shape index (κ3) is 2.86. The smallest absolute Gasteiger partial charge is 0.465 e. The molecule has 0 atom stereocenters. The molecule has 18 heavy (non-hydrogen) atoms. The maximum Gasteiger partial charge on any atom is 0.488 e. The van der Waals surface area contributed by atoms with Crippen LogP contribution in [-0.4, -0.2) is 38.7 Å². The molecule has 0 amide bonds. The second-order valence-corrected chi connectivity index (χ2v) is 4.81. The van der Waals surface area contributed by atoms with Crippen LogP contribution in [0.5, 0.6) is 0 Å². The molecule has 98 valence electrons. The van der Waals surface area contributed by atoms with Crippen LogP contribution in [0, 0.1) is 6.92 Å². The minimum Gasteiger partial charge on any atom is -0.465 e. The molecule has 0 heterocycles. The average Bonchev–Trinajstić information content (AvgIpc) is 2.26.